The molecule has 0 amide bonds. The molecule has 0 saturated heterocycles. The SMILES string of the molecule is COC(=O)C12CCC(C)(C(=O)O)CC1C1=CCC3C4(C)CC(O)C(O)C(C)(C(=O)OC)C4CCC3(C)C1(C)CC2. The van der Waals surface area contributed by atoms with E-state index in [4.69, 9.17) is 9.47 Å². The summed E-state index contributed by atoms with van der Waals surface area (Å²) in [6.45, 7) is 10.4. The minimum Gasteiger partial charge on any atom is -0.481 e. The number of carboxylic acids is 1. The predicted molar refractivity (Wildman–Crippen MR) is 147 cm³/mol. The number of allylic oxidation sites excluding steroid dienone is 2. The fraction of sp³-hybridized carbons (Fsp3) is 0.844. The van der Waals surface area contributed by atoms with Gasteiger partial charge in [-0.15, -0.1) is 0 Å². The van der Waals surface area contributed by atoms with Gasteiger partial charge in [-0.25, -0.2) is 0 Å². The minimum absolute atomic E-state index is 0.124. The number of ether oxygens (including phenoxy) is 2. The Morgan fingerprint density at radius 3 is 2.08 bits per heavy atom. The number of carboxylic acid groups (broad SMARTS) is 1. The molecule has 0 radical (unpaired) electrons. The number of hydrogen-bond acceptors (Lipinski definition) is 7. The zero-order valence-electron chi connectivity index (χ0n) is 25.2. The molecule has 5 aliphatic carbocycles. The summed E-state index contributed by atoms with van der Waals surface area (Å²) in [6.07, 6.45) is 5.50. The molecule has 224 valence electrons. The first-order chi connectivity index (χ1) is 18.5. The van der Waals surface area contributed by atoms with Crippen LogP contribution in [0.1, 0.15) is 92.4 Å². The Morgan fingerprint density at radius 1 is 0.850 bits per heavy atom. The highest BCUT2D eigenvalue weighted by atomic mass is 16.5. The molecule has 40 heavy (non-hydrogen) atoms. The Balaban J connectivity index is 1.62. The molecule has 5 aliphatic rings. The van der Waals surface area contributed by atoms with Crippen molar-refractivity contribution in [1.82, 2.24) is 0 Å². The van der Waals surface area contributed by atoms with Crippen LogP contribution < -0.4 is 0 Å². The first kappa shape index (κ1) is 29.6. The molecule has 8 heteroatoms. The minimum atomic E-state index is -1.22. The molecule has 0 heterocycles. The Labute approximate surface area is 237 Å². The van der Waals surface area contributed by atoms with E-state index in [0.29, 0.717) is 44.9 Å². The number of aliphatic carboxylic acids is 1. The molecular weight excluding hydrogens is 512 g/mol. The highest BCUT2D eigenvalue weighted by Crippen LogP contribution is 2.76. The molecule has 0 aromatic heterocycles. The number of aliphatic hydroxyl groups is 2. The lowest BCUT2D eigenvalue weighted by molar-refractivity contribution is -0.241. The molecule has 11 atom stereocenters. The van der Waals surface area contributed by atoms with Crippen LogP contribution in [0.5, 0.6) is 0 Å². The van der Waals surface area contributed by atoms with Crippen molar-refractivity contribution in [3.8, 4) is 0 Å². The van der Waals surface area contributed by atoms with Crippen LogP contribution in [-0.4, -0.2) is 59.7 Å². The van der Waals surface area contributed by atoms with Gasteiger partial charge in [-0.1, -0.05) is 32.4 Å². The first-order valence-electron chi connectivity index (χ1n) is 15.0. The summed E-state index contributed by atoms with van der Waals surface area (Å²) >= 11 is 0. The van der Waals surface area contributed by atoms with Gasteiger partial charge in [-0.3, -0.25) is 14.4 Å². The van der Waals surface area contributed by atoms with Crippen molar-refractivity contribution in [2.24, 2.45) is 50.2 Å². The molecular formula is C32H48O8. The highest BCUT2D eigenvalue weighted by Gasteiger charge is 2.72. The molecule has 3 N–H and O–H groups in total. The Morgan fingerprint density at radius 2 is 1.48 bits per heavy atom. The summed E-state index contributed by atoms with van der Waals surface area (Å²) in [5.74, 6) is -1.77. The number of aliphatic hydroxyl groups excluding tert-OH is 2. The summed E-state index contributed by atoms with van der Waals surface area (Å²) in [5.41, 5.74) is -2.57. The van der Waals surface area contributed by atoms with Crippen LogP contribution in [0.2, 0.25) is 0 Å². The third-order valence-electron chi connectivity index (χ3n) is 13.8. The lowest BCUT2D eigenvalue weighted by Gasteiger charge is -2.71. The second-order valence-electron chi connectivity index (χ2n) is 15.1. The van der Waals surface area contributed by atoms with E-state index in [0.717, 1.165) is 12.8 Å². The molecule has 0 spiro atoms. The van der Waals surface area contributed by atoms with Crippen LogP contribution in [0.3, 0.4) is 0 Å². The van der Waals surface area contributed by atoms with E-state index < -0.39 is 45.8 Å². The van der Waals surface area contributed by atoms with Gasteiger partial charge in [-0.05, 0) is 106 Å². The number of rotatable bonds is 3. The Hall–Kier alpha value is -1.93. The first-order valence-corrected chi connectivity index (χ1v) is 15.0. The zero-order valence-corrected chi connectivity index (χ0v) is 25.2. The summed E-state index contributed by atoms with van der Waals surface area (Å²) in [6, 6.07) is 0. The average Bonchev–Trinajstić information content (AvgIpc) is 2.91. The van der Waals surface area contributed by atoms with Crippen LogP contribution in [0.4, 0.5) is 0 Å². The Kier molecular flexibility index (Phi) is 6.68. The van der Waals surface area contributed by atoms with Crippen molar-refractivity contribution >= 4 is 17.9 Å². The average molecular weight is 561 g/mol. The van der Waals surface area contributed by atoms with Gasteiger partial charge in [0.25, 0.3) is 0 Å². The van der Waals surface area contributed by atoms with E-state index in [1.807, 2.05) is 6.92 Å². The smallest absolute Gasteiger partial charge is 0.314 e. The fourth-order valence-electron chi connectivity index (χ4n) is 11.1. The standard InChI is InChI=1S/C32H48O8/c1-27(24(35)36)12-14-32(26(38)40-7)15-13-29(3)18(19(32)16-27)8-9-21-28(2)17-20(33)23(34)31(5,25(37)39-6)22(28)10-11-30(21,29)4/h8,19-23,33-34H,9-17H2,1-7H3,(H,35,36). The van der Waals surface area contributed by atoms with Gasteiger partial charge in [0, 0.05) is 0 Å². The van der Waals surface area contributed by atoms with E-state index >= 15 is 0 Å². The summed E-state index contributed by atoms with van der Waals surface area (Å²) in [4.78, 5) is 39.0. The topological polar surface area (TPSA) is 130 Å². The number of methoxy groups -OCH3 is 2. The molecule has 8 nitrogen and oxygen atoms in total. The van der Waals surface area contributed by atoms with Crippen LogP contribution in [0.25, 0.3) is 0 Å². The van der Waals surface area contributed by atoms with Crippen LogP contribution >= 0.6 is 0 Å². The van der Waals surface area contributed by atoms with Crippen LogP contribution in [-0.2, 0) is 23.9 Å². The monoisotopic (exact) mass is 560 g/mol. The van der Waals surface area contributed by atoms with Crippen molar-refractivity contribution in [3.05, 3.63) is 11.6 Å². The quantitative estimate of drug-likeness (QED) is 0.340. The third-order valence-corrected chi connectivity index (χ3v) is 13.8. The van der Waals surface area contributed by atoms with Gasteiger partial charge in [-0.2, -0.15) is 0 Å². The highest BCUT2D eigenvalue weighted by molar-refractivity contribution is 5.81. The van der Waals surface area contributed by atoms with E-state index in [-0.39, 0.29) is 34.6 Å². The molecule has 0 aromatic carbocycles. The van der Waals surface area contributed by atoms with Crippen molar-refractivity contribution in [3.63, 3.8) is 0 Å². The lowest BCUT2D eigenvalue weighted by Crippen LogP contribution is -2.69. The zero-order chi connectivity index (χ0) is 29.7. The maximum atomic E-state index is 13.4. The van der Waals surface area contributed by atoms with E-state index in [9.17, 15) is 29.7 Å². The van der Waals surface area contributed by atoms with Gasteiger partial charge in [0.05, 0.1) is 42.7 Å². The predicted octanol–water partition coefficient (Wildman–Crippen LogP) is 4.51. The molecule has 5 rings (SSSR count). The molecule has 0 aromatic rings. The maximum absolute atomic E-state index is 13.4. The number of esters is 2. The van der Waals surface area contributed by atoms with Crippen molar-refractivity contribution < 1.29 is 39.2 Å². The number of hydrogen-bond donors (Lipinski definition) is 3. The summed E-state index contributed by atoms with van der Waals surface area (Å²) in [5, 5.41) is 32.4. The second-order valence-corrected chi connectivity index (χ2v) is 15.1. The molecule has 11 unspecified atom stereocenters. The largest absolute Gasteiger partial charge is 0.481 e. The van der Waals surface area contributed by atoms with E-state index in [1.54, 1.807) is 6.92 Å². The van der Waals surface area contributed by atoms with E-state index in [2.05, 4.69) is 26.8 Å². The number of carbonyl (C=O) groups excluding carboxylic acids is 2. The molecule has 0 aliphatic heterocycles. The number of fused-ring (bicyclic) bond motifs is 7. The second kappa shape index (κ2) is 9.03. The van der Waals surface area contributed by atoms with Gasteiger partial charge < -0.3 is 24.8 Å². The maximum Gasteiger partial charge on any atom is 0.314 e. The van der Waals surface area contributed by atoms with Crippen LogP contribution in [0, 0.1) is 50.2 Å². The van der Waals surface area contributed by atoms with Crippen molar-refractivity contribution in [2.75, 3.05) is 14.2 Å². The third kappa shape index (κ3) is 3.41. The fourth-order valence-corrected chi connectivity index (χ4v) is 11.1. The lowest BCUT2D eigenvalue weighted by atomic mass is 9.33. The van der Waals surface area contributed by atoms with Gasteiger partial charge >= 0.3 is 17.9 Å². The molecule has 4 fully saturated rings. The van der Waals surface area contributed by atoms with E-state index in [1.165, 1.54) is 19.8 Å². The normalized spacial score (nSPS) is 51.6. The molecule has 0 bridgehead atoms. The van der Waals surface area contributed by atoms with Gasteiger partial charge in [0.2, 0.25) is 0 Å². The van der Waals surface area contributed by atoms with Gasteiger partial charge in [0.15, 0.2) is 0 Å². The summed E-state index contributed by atoms with van der Waals surface area (Å²) < 4.78 is 10.6. The summed E-state index contributed by atoms with van der Waals surface area (Å²) in [7, 11) is 2.77. The number of carbonyl (C=O) groups is 3. The van der Waals surface area contributed by atoms with Gasteiger partial charge in [0.1, 0.15) is 0 Å². The van der Waals surface area contributed by atoms with Crippen molar-refractivity contribution in [2.45, 2.75) is 105 Å². The molecule has 4 saturated carbocycles. The van der Waals surface area contributed by atoms with Crippen molar-refractivity contribution in [1.29, 1.82) is 0 Å². The Bertz CT molecular complexity index is 1150. The van der Waals surface area contributed by atoms with Crippen LogP contribution in [0.15, 0.2) is 11.6 Å².